The summed E-state index contributed by atoms with van der Waals surface area (Å²) in [4.78, 5) is -0.500. The van der Waals surface area contributed by atoms with Crippen LogP contribution in [0.1, 0.15) is 5.56 Å². The maximum atomic E-state index is 13.8. The lowest BCUT2D eigenvalue weighted by molar-refractivity contribution is 0.350. The minimum Gasteiger partial charge on any atom is -0.384 e. The monoisotopic (exact) mass is 313 g/mol. The summed E-state index contributed by atoms with van der Waals surface area (Å²) in [6, 6.07) is 3.45. The van der Waals surface area contributed by atoms with E-state index in [9.17, 15) is 12.8 Å². The Bertz CT molecular complexity index is 764. The first-order valence-corrected chi connectivity index (χ1v) is 7.48. The highest BCUT2D eigenvalue weighted by atomic mass is 32.2. The molecule has 0 atom stereocenters. The highest BCUT2D eigenvalue weighted by Crippen LogP contribution is 2.20. The van der Waals surface area contributed by atoms with E-state index in [1.54, 1.807) is 0 Å². The molecule has 6 nitrogen and oxygen atoms in total. The minimum atomic E-state index is -4.04. The summed E-state index contributed by atoms with van der Waals surface area (Å²) >= 11 is 0.841. The maximum absolute atomic E-state index is 13.8. The lowest BCUT2D eigenvalue weighted by Gasteiger charge is -2.06. The van der Waals surface area contributed by atoms with Crippen molar-refractivity contribution in [2.24, 2.45) is 0 Å². The summed E-state index contributed by atoms with van der Waals surface area (Å²) in [5.74, 6) is 3.90. The van der Waals surface area contributed by atoms with E-state index in [4.69, 9.17) is 5.11 Å². The molecule has 0 saturated carbocycles. The fraction of sp³-hybridized carbons (Fsp3) is 0.0909. The Hall–Kier alpha value is -2.02. The summed E-state index contributed by atoms with van der Waals surface area (Å²) in [6.07, 6.45) is 1.22. The lowest BCUT2D eigenvalue weighted by atomic mass is 10.2. The van der Waals surface area contributed by atoms with Gasteiger partial charge in [-0.05, 0) is 18.2 Å². The lowest BCUT2D eigenvalue weighted by Crippen LogP contribution is -2.13. The Morgan fingerprint density at radius 3 is 2.85 bits per heavy atom. The summed E-state index contributed by atoms with van der Waals surface area (Å²) in [5, 5.41) is 12.2. The van der Waals surface area contributed by atoms with E-state index in [1.807, 2.05) is 0 Å². The van der Waals surface area contributed by atoms with Crippen molar-refractivity contribution in [2.75, 3.05) is 11.3 Å². The van der Waals surface area contributed by atoms with Crippen molar-refractivity contribution in [1.29, 1.82) is 0 Å². The molecule has 1 heterocycles. The van der Waals surface area contributed by atoms with Crippen molar-refractivity contribution in [2.45, 2.75) is 4.90 Å². The number of aromatic nitrogens is 2. The van der Waals surface area contributed by atoms with E-state index in [2.05, 4.69) is 26.1 Å². The molecule has 0 spiro atoms. The van der Waals surface area contributed by atoms with Crippen LogP contribution in [-0.2, 0) is 10.0 Å². The molecule has 0 fully saturated rings. The molecule has 1 aromatic heterocycles. The minimum absolute atomic E-state index is 0.188. The maximum Gasteiger partial charge on any atom is 0.265 e. The Labute approximate surface area is 118 Å². The summed E-state index contributed by atoms with van der Waals surface area (Å²) < 4.78 is 43.4. The van der Waals surface area contributed by atoms with Gasteiger partial charge in [0.1, 0.15) is 22.3 Å². The molecule has 1 aromatic carbocycles. The van der Waals surface area contributed by atoms with Crippen LogP contribution in [0.2, 0.25) is 0 Å². The van der Waals surface area contributed by atoms with Crippen LogP contribution in [0.4, 0.5) is 9.39 Å². The van der Waals surface area contributed by atoms with E-state index >= 15 is 0 Å². The Balaban J connectivity index is 2.33. The van der Waals surface area contributed by atoms with E-state index in [1.165, 1.54) is 12.3 Å². The first-order chi connectivity index (χ1) is 9.53. The number of nitrogens with zero attached hydrogens (tertiary/aromatic N) is 2. The van der Waals surface area contributed by atoms with E-state index in [-0.39, 0.29) is 17.2 Å². The van der Waals surface area contributed by atoms with Crippen molar-refractivity contribution in [3.05, 3.63) is 35.8 Å². The number of hydrogen-bond acceptors (Lipinski definition) is 6. The fourth-order valence-electron chi connectivity index (χ4n) is 1.34. The van der Waals surface area contributed by atoms with Crippen LogP contribution in [-0.4, -0.2) is 29.7 Å². The molecule has 20 heavy (non-hydrogen) atoms. The van der Waals surface area contributed by atoms with E-state index in [0.29, 0.717) is 0 Å². The van der Waals surface area contributed by atoms with Gasteiger partial charge in [0.05, 0.1) is 6.20 Å². The van der Waals surface area contributed by atoms with Crippen LogP contribution in [0.15, 0.2) is 29.3 Å². The zero-order valence-corrected chi connectivity index (χ0v) is 11.5. The Kier molecular flexibility index (Phi) is 4.29. The zero-order chi connectivity index (χ0) is 14.6. The first kappa shape index (κ1) is 14.4. The molecule has 104 valence electrons. The highest BCUT2D eigenvalue weighted by Gasteiger charge is 2.20. The molecular weight excluding hydrogens is 305 g/mol. The van der Waals surface area contributed by atoms with Gasteiger partial charge < -0.3 is 5.11 Å². The molecule has 0 amide bonds. The standard InChI is InChI=1S/C11H8FN3O3S2/c12-9-6-8(2-1-5-16)3-4-10(9)20(17,18)14-11-7-13-15-19-11/h3-4,6-7,14,16H,5H2. The van der Waals surface area contributed by atoms with Crippen molar-refractivity contribution in [3.63, 3.8) is 0 Å². The van der Waals surface area contributed by atoms with Crippen LogP contribution in [0.25, 0.3) is 0 Å². The average Bonchev–Trinajstić information content (AvgIpc) is 2.88. The second kappa shape index (κ2) is 5.96. The third-order valence-electron chi connectivity index (χ3n) is 2.13. The van der Waals surface area contributed by atoms with Crippen LogP contribution in [0.3, 0.4) is 0 Å². The summed E-state index contributed by atoms with van der Waals surface area (Å²) in [5.41, 5.74) is 0.273. The van der Waals surface area contributed by atoms with Gasteiger partial charge in [-0.25, -0.2) is 12.8 Å². The number of aliphatic hydroxyl groups is 1. The number of benzene rings is 1. The third kappa shape index (κ3) is 3.30. The molecule has 0 unspecified atom stereocenters. The van der Waals surface area contributed by atoms with Crippen molar-refractivity contribution >= 4 is 26.6 Å². The van der Waals surface area contributed by atoms with Crippen LogP contribution in [0.5, 0.6) is 0 Å². The van der Waals surface area contributed by atoms with Crippen molar-refractivity contribution in [1.82, 2.24) is 9.59 Å². The molecule has 2 aromatic rings. The zero-order valence-electron chi connectivity index (χ0n) is 9.87. The van der Waals surface area contributed by atoms with Gasteiger partial charge in [0, 0.05) is 17.1 Å². The second-order valence-electron chi connectivity index (χ2n) is 3.49. The molecule has 9 heteroatoms. The van der Waals surface area contributed by atoms with Gasteiger partial charge in [-0.2, -0.15) is 0 Å². The molecular formula is C11H8FN3O3S2. The van der Waals surface area contributed by atoms with Crippen LogP contribution >= 0.6 is 11.5 Å². The van der Waals surface area contributed by atoms with Crippen molar-refractivity contribution < 1.29 is 17.9 Å². The largest absolute Gasteiger partial charge is 0.384 e. The smallest absolute Gasteiger partial charge is 0.265 e. The Morgan fingerprint density at radius 2 is 2.25 bits per heavy atom. The van der Waals surface area contributed by atoms with Gasteiger partial charge in [0.15, 0.2) is 0 Å². The van der Waals surface area contributed by atoms with Gasteiger partial charge in [0.25, 0.3) is 10.0 Å². The predicted octanol–water partition coefficient (Wildman–Crippen LogP) is 0.822. The molecule has 0 radical (unpaired) electrons. The molecule has 0 bridgehead atoms. The number of sulfonamides is 1. The molecule has 2 N–H and O–H groups in total. The predicted molar refractivity (Wildman–Crippen MR) is 71.1 cm³/mol. The van der Waals surface area contributed by atoms with Gasteiger partial charge in [-0.1, -0.05) is 16.3 Å². The van der Waals surface area contributed by atoms with Gasteiger partial charge in [-0.15, -0.1) is 5.10 Å². The third-order valence-corrected chi connectivity index (χ3v) is 4.24. The number of hydrogen-bond donors (Lipinski definition) is 2. The van der Waals surface area contributed by atoms with E-state index < -0.39 is 20.7 Å². The number of rotatable bonds is 3. The Morgan fingerprint density at radius 1 is 1.45 bits per heavy atom. The number of aliphatic hydroxyl groups excluding tert-OH is 1. The number of halogens is 1. The molecule has 0 aliphatic heterocycles. The molecule has 0 saturated heterocycles. The van der Waals surface area contributed by atoms with Crippen LogP contribution in [0, 0.1) is 17.7 Å². The molecule has 0 aliphatic carbocycles. The highest BCUT2D eigenvalue weighted by molar-refractivity contribution is 7.93. The second-order valence-corrected chi connectivity index (χ2v) is 5.93. The topological polar surface area (TPSA) is 92.2 Å². The fourth-order valence-corrected chi connectivity index (χ4v) is 3.08. The summed E-state index contributed by atoms with van der Waals surface area (Å²) in [7, 11) is -4.04. The van der Waals surface area contributed by atoms with Gasteiger partial charge >= 0.3 is 0 Å². The molecule has 2 rings (SSSR count). The SMILES string of the molecule is O=S(=O)(Nc1cnns1)c1ccc(C#CCO)cc1F. The number of anilines is 1. The first-order valence-electron chi connectivity index (χ1n) is 5.22. The normalized spacial score (nSPS) is 10.7. The quantitative estimate of drug-likeness (QED) is 0.819. The van der Waals surface area contributed by atoms with Crippen molar-refractivity contribution in [3.8, 4) is 11.8 Å². The van der Waals surface area contributed by atoms with Gasteiger partial charge in [0.2, 0.25) is 0 Å². The molecule has 0 aliphatic rings. The van der Waals surface area contributed by atoms with E-state index in [0.717, 1.165) is 23.7 Å². The average molecular weight is 313 g/mol. The number of nitrogens with one attached hydrogen (secondary N) is 1. The summed E-state index contributed by atoms with van der Waals surface area (Å²) in [6.45, 7) is -0.360. The van der Waals surface area contributed by atoms with Crippen LogP contribution < -0.4 is 4.72 Å². The van der Waals surface area contributed by atoms with Gasteiger partial charge in [-0.3, -0.25) is 4.72 Å².